The molecule has 1 fully saturated rings. The summed E-state index contributed by atoms with van der Waals surface area (Å²) in [6.07, 6.45) is -0.129. The van der Waals surface area contributed by atoms with Crippen LogP contribution in [0.1, 0.15) is 36.1 Å². The van der Waals surface area contributed by atoms with Crippen molar-refractivity contribution in [2.24, 2.45) is 0 Å². The number of amides is 2. The van der Waals surface area contributed by atoms with Gasteiger partial charge >= 0.3 is 6.03 Å². The Morgan fingerprint density at radius 1 is 0.744 bits per heavy atom. The second kappa shape index (κ2) is 12.0. The highest BCUT2D eigenvalue weighted by Crippen LogP contribution is 2.42. The first kappa shape index (κ1) is 28.0. The highest BCUT2D eigenvalue weighted by Gasteiger charge is 2.42. The quantitative estimate of drug-likeness (QED) is 0.153. The summed E-state index contributed by atoms with van der Waals surface area (Å²) in [5.41, 5.74) is 5.35. The minimum Gasteiger partial charge on any atom is -0.508 e. The maximum atomic E-state index is 13.5. The van der Waals surface area contributed by atoms with Crippen molar-refractivity contribution < 1.29 is 24.5 Å². The van der Waals surface area contributed by atoms with Crippen LogP contribution in [0.4, 0.5) is 14.9 Å². The molecule has 43 heavy (non-hydrogen) atoms. The van der Waals surface area contributed by atoms with Gasteiger partial charge in [-0.2, -0.15) is 0 Å². The lowest BCUT2D eigenvalue weighted by Gasteiger charge is -2.28. The van der Waals surface area contributed by atoms with Crippen molar-refractivity contribution in [3.63, 3.8) is 0 Å². The summed E-state index contributed by atoms with van der Waals surface area (Å²) in [6, 6.07) is 34.1. The summed E-state index contributed by atoms with van der Waals surface area (Å²) in [5, 5.41) is 35.1. The zero-order valence-corrected chi connectivity index (χ0v) is 23.3. The van der Waals surface area contributed by atoms with Gasteiger partial charge in [0.25, 0.3) is 0 Å². The van der Waals surface area contributed by atoms with Crippen LogP contribution in [-0.2, 0) is 0 Å². The van der Waals surface area contributed by atoms with E-state index in [1.165, 1.54) is 12.1 Å². The minimum atomic E-state index is -0.848. The molecule has 1 unspecified atom stereocenters. The molecule has 7 heteroatoms. The second-order valence-corrected chi connectivity index (χ2v) is 10.8. The molecule has 0 spiro atoms. The normalized spacial score (nSPS) is 17.1. The first-order valence-electron chi connectivity index (χ1n) is 14.2. The number of nitrogens with zero attached hydrogens (tertiary/aromatic N) is 1. The molecule has 6 rings (SSSR count). The Balaban J connectivity index is 1.33. The van der Waals surface area contributed by atoms with Crippen molar-refractivity contribution in [1.82, 2.24) is 5.32 Å². The van der Waals surface area contributed by atoms with E-state index in [9.17, 15) is 24.5 Å². The van der Waals surface area contributed by atoms with Crippen LogP contribution in [0.3, 0.4) is 0 Å². The van der Waals surface area contributed by atoms with Gasteiger partial charge < -0.3 is 20.6 Å². The molecule has 1 heterocycles. The van der Waals surface area contributed by atoms with Gasteiger partial charge in [-0.05, 0) is 83.1 Å². The molecule has 3 atom stereocenters. The lowest BCUT2D eigenvalue weighted by Crippen LogP contribution is -2.29. The molecule has 216 valence electrons. The van der Waals surface area contributed by atoms with Crippen LogP contribution >= 0.6 is 0 Å². The standard InChI is InChI=1S/C36H31FN2O4/c37-28-14-9-25(10-15-28)33(41)20-19-32-35(31-18-13-27(22-34(31)42)26-7-4-8-30(40)21-26)39(36(43)38-32)29-16-11-24(12-17-29)23-5-2-1-3-6-23/h1-18,21-22,32-33,35,40-42H,19-20H2,(H,38,43)/t32-,33?,35-/m1/s1. The average Bonchev–Trinajstić information content (AvgIpc) is 3.36. The monoisotopic (exact) mass is 574 g/mol. The smallest absolute Gasteiger partial charge is 0.322 e. The maximum Gasteiger partial charge on any atom is 0.322 e. The van der Waals surface area contributed by atoms with Gasteiger partial charge in [0.15, 0.2) is 0 Å². The maximum absolute atomic E-state index is 13.5. The number of aliphatic hydroxyl groups is 1. The van der Waals surface area contributed by atoms with Crippen LogP contribution in [0.15, 0.2) is 121 Å². The summed E-state index contributed by atoms with van der Waals surface area (Å²) in [5.74, 6) is -0.244. The first-order valence-corrected chi connectivity index (χ1v) is 14.2. The van der Waals surface area contributed by atoms with E-state index in [0.717, 1.165) is 22.3 Å². The molecule has 0 aliphatic carbocycles. The molecular formula is C36H31FN2O4. The number of aromatic hydroxyl groups is 2. The Morgan fingerprint density at radius 2 is 1.40 bits per heavy atom. The van der Waals surface area contributed by atoms with Gasteiger partial charge in [-0.1, -0.05) is 78.9 Å². The summed E-state index contributed by atoms with van der Waals surface area (Å²) in [4.78, 5) is 15.2. The fraction of sp³-hybridized carbons (Fsp3) is 0.139. The predicted molar refractivity (Wildman–Crippen MR) is 165 cm³/mol. The van der Waals surface area contributed by atoms with E-state index in [1.54, 1.807) is 47.4 Å². The van der Waals surface area contributed by atoms with Gasteiger partial charge in [0.05, 0.1) is 18.2 Å². The fourth-order valence-electron chi connectivity index (χ4n) is 5.77. The van der Waals surface area contributed by atoms with Crippen molar-refractivity contribution in [1.29, 1.82) is 0 Å². The Bertz CT molecular complexity index is 1730. The van der Waals surface area contributed by atoms with E-state index in [2.05, 4.69) is 5.32 Å². The number of carbonyl (C=O) groups excluding carboxylic acids is 1. The van der Waals surface area contributed by atoms with E-state index >= 15 is 0 Å². The third kappa shape index (κ3) is 5.94. The summed E-state index contributed by atoms with van der Waals surface area (Å²) in [6.45, 7) is 0. The third-order valence-electron chi connectivity index (χ3n) is 7.97. The zero-order valence-electron chi connectivity index (χ0n) is 23.3. The number of phenolic OH excluding ortho intramolecular Hbond substituents is 2. The highest BCUT2D eigenvalue weighted by molar-refractivity contribution is 5.96. The molecule has 6 nitrogen and oxygen atoms in total. The van der Waals surface area contributed by atoms with Crippen molar-refractivity contribution in [2.75, 3.05) is 4.90 Å². The van der Waals surface area contributed by atoms with Crippen LogP contribution in [0.5, 0.6) is 11.5 Å². The van der Waals surface area contributed by atoms with Crippen LogP contribution < -0.4 is 10.2 Å². The van der Waals surface area contributed by atoms with Crippen LogP contribution in [0.2, 0.25) is 0 Å². The van der Waals surface area contributed by atoms with Crippen molar-refractivity contribution >= 4 is 11.7 Å². The van der Waals surface area contributed by atoms with Crippen LogP contribution in [0.25, 0.3) is 22.3 Å². The SMILES string of the molecule is O=C1N[C@H](CCC(O)c2ccc(F)cc2)[C@@H](c2ccc(-c3cccc(O)c3)cc2O)N1c1ccc(-c2ccccc2)cc1. The Morgan fingerprint density at radius 3 is 2.09 bits per heavy atom. The molecule has 1 aliphatic heterocycles. The van der Waals surface area contributed by atoms with Crippen molar-refractivity contribution in [3.05, 3.63) is 138 Å². The molecule has 1 aliphatic rings. The van der Waals surface area contributed by atoms with E-state index in [-0.39, 0.29) is 23.3 Å². The number of halogens is 1. The number of carbonyl (C=O) groups is 1. The number of aliphatic hydroxyl groups excluding tert-OH is 1. The number of hydrogen-bond donors (Lipinski definition) is 4. The average molecular weight is 575 g/mol. The summed E-state index contributed by atoms with van der Waals surface area (Å²) < 4.78 is 13.4. The van der Waals surface area contributed by atoms with Gasteiger partial charge in [0, 0.05) is 11.3 Å². The number of nitrogens with one attached hydrogen (secondary N) is 1. The number of anilines is 1. The van der Waals surface area contributed by atoms with E-state index < -0.39 is 18.2 Å². The number of rotatable bonds is 8. The van der Waals surface area contributed by atoms with Gasteiger partial charge in [-0.25, -0.2) is 9.18 Å². The predicted octanol–water partition coefficient (Wildman–Crippen LogP) is 7.72. The Hall–Kier alpha value is -5.14. The van der Waals surface area contributed by atoms with E-state index in [1.807, 2.05) is 66.7 Å². The lowest BCUT2D eigenvalue weighted by molar-refractivity contribution is 0.159. The Labute approximate surface area is 249 Å². The molecular weight excluding hydrogens is 543 g/mol. The minimum absolute atomic E-state index is 0.0114. The van der Waals surface area contributed by atoms with Crippen molar-refractivity contribution in [2.45, 2.75) is 31.0 Å². The molecule has 5 aromatic carbocycles. The van der Waals surface area contributed by atoms with Crippen LogP contribution in [-0.4, -0.2) is 27.4 Å². The fourth-order valence-corrected chi connectivity index (χ4v) is 5.77. The topological polar surface area (TPSA) is 93.0 Å². The van der Waals surface area contributed by atoms with Gasteiger partial charge in [-0.15, -0.1) is 0 Å². The highest BCUT2D eigenvalue weighted by atomic mass is 19.1. The molecule has 2 amide bonds. The zero-order chi connectivity index (χ0) is 29.9. The van der Waals surface area contributed by atoms with Crippen molar-refractivity contribution in [3.8, 4) is 33.8 Å². The third-order valence-corrected chi connectivity index (χ3v) is 7.97. The van der Waals surface area contributed by atoms with Crippen LogP contribution in [0, 0.1) is 5.82 Å². The molecule has 0 aromatic heterocycles. The number of urea groups is 1. The van der Waals surface area contributed by atoms with Gasteiger partial charge in [0.2, 0.25) is 0 Å². The van der Waals surface area contributed by atoms with E-state index in [0.29, 0.717) is 29.7 Å². The number of phenols is 2. The largest absolute Gasteiger partial charge is 0.508 e. The summed E-state index contributed by atoms with van der Waals surface area (Å²) in [7, 11) is 0. The van der Waals surface area contributed by atoms with Gasteiger partial charge in [0.1, 0.15) is 17.3 Å². The molecule has 1 saturated heterocycles. The summed E-state index contributed by atoms with van der Waals surface area (Å²) >= 11 is 0. The van der Waals surface area contributed by atoms with E-state index in [4.69, 9.17) is 0 Å². The molecule has 0 saturated carbocycles. The second-order valence-electron chi connectivity index (χ2n) is 10.8. The lowest BCUT2D eigenvalue weighted by atomic mass is 9.91. The molecule has 4 N–H and O–H groups in total. The molecule has 5 aromatic rings. The first-order chi connectivity index (χ1) is 20.9. The van der Waals surface area contributed by atoms with Gasteiger partial charge in [-0.3, -0.25) is 4.90 Å². The molecule has 0 bridgehead atoms. The molecule has 0 radical (unpaired) electrons. The Kier molecular flexibility index (Phi) is 7.81. The number of hydrogen-bond acceptors (Lipinski definition) is 4. The number of benzene rings is 5.